The molecule has 3 rings (SSSR count). The van der Waals surface area contributed by atoms with Crippen LogP contribution in [0, 0.1) is 11.3 Å². The topological polar surface area (TPSA) is 95.2 Å². The number of rotatable bonds is 1. The molecular weight excluding hydrogens is 256 g/mol. The number of fused-ring (bicyclic) bond motifs is 3. The average molecular weight is 264 g/mol. The summed E-state index contributed by atoms with van der Waals surface area (Å²) in [7, 11) is 0. The maximum Gasteiger partial charge on any atom is 0.237 e. The van der Waals surface area contributed by atoms with Gasteiger partial charge in [0.1, 0.15) is 11.6 Å². The van der Waals surface area contributed by atoms with Crippen LogP contribution < -0.4 is 16.3 Å². The smallest absolute Gasteiger partial charge is 0.237 e. The van der Waals surface area contributed by atoms with Crippen LogP contribution in [-0.2, 0) is 4.79 Å². The first-order chi connectivity index (χ1) is 9.63. The lowest BCUT2D eigenvalue weighted by Crippen LogP contribution is -2.19. The first-order valence-corrected chi connectivity index (χ1v) is 5.85. The normalized spacial score (nSPS) is 11.9. The number of amides is 1. The van der Waals surface area contributed by atoms with Gasteiger partial charge in [0.25, 0.3) is 0 Å². The van der Waals surface area contributed by atoms with E-state index in [0.717, 1.165) is 0 Å². The summed E-state index contributed by atoms with van der Waals surface area (Å²) < 4.78 is 0. The van der Waals surface area contributed by atoms with Crippen molar-refractivity contribution in [3.8, 4) is 17.3 Å². The summed E-state index contributed by atoms with van der Waals surface area (Å²) in [5.41, 5.74) is 2.86. The molecule has 0 unspecified atom stereocenters. The zero-order valence-electron chi connectivity index (χ0n) is 10.5. The highest BCUT2D eigenvalue weighted by Crippen LogP contribution is 2.28. The third kappa shape index (κ3) is 1.57. The molecule has 20 heavy (non-hydrogen) atoms. The van der Waals surface area contributed by atoms with Gasteiger partial charge in [-0.2, -0.15) is 10.4 Å². The van der Waals surface area contributed by atoms with Crippen LogP contribution in [0.1, 0.15) is 12.5 Å². The molecule has 0 radical (unpaired) electrons. The van der Waals surface area contributed by atoms with E-state index in [9.17, 15) is 14.9 Å². The van der Waals surface area contributed by atoms with Crippen molar-refractivity contribution in [1.82, 2.24) is 10.4 Å². The van der Waals surface area contributed by atoms with Gasteiger partial charge in [0, 0.05) is 17.7 Å². The molecule has 1 heterocycles. The summed E-state index contributed by atoms with van der Waals surface area (Å²) in [6, 6.07) is 8.97. The van der Waals surface area contributed by atoms with Crippen LogP contribution in [0.3, 0.4) is 0 Å². The molecule has 0 atom stereocenters. The summed E-state index contributed by atoms with van der Waals surface area (Å²) in [6.45, 7) is 1.30. The number of benzene rings is 1. The molecule has 1 amide bonds. The van der Waals surface area contributed by atoms with Crippen molar-refractivity contribution in [3.63, 3.8) is 0 Å². The Labute approximate surface area is 113 Å². The molecule has 96 valence electrons. The Bertz CT molecular complexity index is 942. The van der Waals surface area contributed by atoms with Crippen molar-refractivity contribution >= 4 is 16.7 Å². The Morgan fingerprint density at radius 1 is 1.35 bits per heavy atom. The lowest BCUT2D eigenvalue weighted by Gasteiger charge is -1.88. The molecule has 1 N–H and O–H groups in total. The van der Waals surface area contributed by atoms with Crippen molar-refractivity contribution in [2.45, 2.75) is 6.92 Å². The molecule has 0 spiro atoms. The minimum Gasteiger partial charge on any atom is -0.288 e. The van der Waals surface area contributed by atoms with E-state index in [1.165, 1.54) is 6.92 Å². The Balaban J connectivity index is 2.41. The minimum absolute atomic E-state index is 0.0653. The summed E-state index contributed by atoms with van der Waals surface area (Å²) in [5, 5.41) is 14.2. The number of carbonyl (C=O) groups excluding carboxylic acids is 1. The number of hydrogen-bond donors (Lipinski definition) is 1. The van der Waals surface area contributed by atoms with Crippen LogP contribution in [-0.4, -0.2) is 10.9 Å². The van der Waals surface area contributed by atoms with Gasteiger partial charge in [-0.25, -0.2) is 10.4 Å². The van der Waals surface area contributed by atoms with E-state index < -0.39 is 0 Å². The van der Waals surface area contributed by atoms with E-state index in [1.54, 1.807) is 24.3 Å². The number of nitrogens with zero attached hydrogens (tertiary/aromatic N) is 3. The maximum atomic E-state index is 12.3. The highest BCUT2D eigenvalue weighted by molar-refractivity contribution is 6.02. The van der Waals surface area contributed by atoms with Gasteiger partial charge in [0.2, 0.25) is 5.91 Å². The molecule has 0 saturated heterocycles. The molecule has 6 heteroatoms. The molecular formula is C14H8N4O2. The van der Waals surface area contributed by atoms with Gasteiger partial charge in [-0.15, -0.1) is 0 Å². The SMILES string of the molecule is CC(=O)N/N=c1/nc2c3ccccc3c(=O)c-2c1C#N. The molecule has 0 saturated carbocycles. The molecule has 0 aromatic heterocycles. The van der Waals surface area contributed by atoms with Crippen molar-refractivity contribution in [2.24, 2.45) is 5.10 Å². The first-order valence-electron chi connectivity index (χ1n) is 5.85. The van der Waals surface area contributed by atoms with Gasteiger partial charge in [-0.1, -0.05) is 24.3 Å². The van der Waals surface area contributed by atoms with Crippen LogP contribution in [0.15, 0.2) is 34.2 Å². The fourth-order valence-corrected chi connectivity index (χ4v) is 2.20. The summed E-state index contributed by atoms with van der Waals surface area (Å²) in [6.07, 6.45) is 0. The van der Waals surface area contributed by atoms with Gasteiger partial charge in [0.05, 0.1) is 11.3 Å². The fourth-order valence-electron chi connectivity index (χ4n) is 2.20. The number of hydrogen-bond acceptors (Lipinski definition) is 5. The lowest BCUT2D eigenvalue weighted by atomic mass is 10.2. The van der Waals surface area contributed by atoms with Gasteiger partial charge in [-0.05, 0) is 0 Å². The Hall–Kier alpha value is -3.07. The minimum atomic E-state index is -0.372. The zero-order chi connectivity index (χ0) is 14.3. The summed E-state index contributed by atoms with van der Waals surface area (Å²) in [5.74, 6) is -0.372. The maximum absolute atomic E-state index is 12.3. The molecule has 0 bridgehead atoms. The molecule has 1 aliphatic heterocycles. The van der Waals surface area contributed by atoms with E-state index in [-0.39, 0.29) is 28.0 Å². The van der Waals surface area contributed by atoms with Crippen molar-refractivity contribution in [2.75, 3.05) is 0 Å². The van der Waals surface area contributed by atoms with Crippen molar-refractivity contribution in [3.05, 3.63) is 45.5 Å². The van der Waals surface area contributed by atoms with Gasteiger partial charge in [-0.3, -0.25) is 9.59 Å². The molecule has 1 aromatic carbocycles. The second-order valence-corrected chi connectivity index (χ2v) is 4.30. The molecule has 2 aliphatic rings. The third-order valence-corrected chi connectivity index (χ3v) is 3.01. The number of carbonyl (C=O) groups is 1. The Morgan fingerprint density at radius 3 is 2.70 bits per heavy atom. The molecule has 1 aliphatic carbocycles. The quantitative estimate of drug-likeness (QED) is 0.643. The molecule has 1 aromatic rings. The largest absolute Gasteiger partial charge is 0.288 e. The van der Waals surface area contributed by atoms with Gasteiger partial charge >= 0.3 is 0 Å². The average Bonchev–Trinajstić information content (AvgIpc) is 2.93. The van der Waals surface area contributed by atoms with Crippen molar-refractivity contribution < 1.29 is 4.79 Å². The van der Waals surface area contributed by atoms with E-state index >= 15 is 0 Å². The lowest BCUT2D eigenvalue weighted by molar-refractivity contribution is -0.119. The van der Waals surface area contributed by atoms with Crippen LogP contribution in [0.25, 0.3) is 22.0 Å². The first kappa shape index (κ1) is 12.0. The standard InChI is InChI=1S/C14H8N4O2/c1-7(19)17-18-14-10(6-15)11-12(16-14)8-4-2-3-5-9(8)13(11)20/h2-5H,1H3,(H,17,19)/b18-14+. The zero-order valence-corrected chi connectivity index (χ0v) is 10.5. The summed E-state index contributed by atoms with van der Waals surface area (Å²) in [4.78, 5) is 27.4. The number of nitriles is 1. The van der Waals surface area contributed by atoms with Crippen LogP contribution in [0.2, 0.25) is 0 Å². The number of nitrogens with one attached hydrogen (secondary N) is 1. The van der Waals surface area contributed by atoms with Crippen molar-refractivity contribution in [1.29, 1.82) is 5.26 Å². The van der Waals surface area contributed by atoms with Crippen LogP contribution in [0.5, 0.6) is 0 Å². The van der Waals surface area contributed by atoms with E-state index in [1.807, 2.05) is 6.07 Å². The molecule has 0 fully saturated rings. The summed E-state index contributed by atoms with van der Waals surface area (Å²) >= 11 is 0. The Morgan fingerprint density at radius 2 is 2.05 bits per heavy atom. The van der Waals surface area contributed by atoms with E-state index in [0.29, 0.717) is 16.5 Å². The number of aromatic nitrogens is 1. The second kappa shape index (κ2) is 4.24. The molecule has 6 nitrogen and oxygen atoms in total. The predicted octanol–water partition coefficient (Wildman–Crippen LogP) is 0.399. The second-order valence-electron chi connectivity index (χ2n) is 4.30. The highest BCUT2D eigenvalue weighted by atomic mass is 16.2. The van der Waals surface area contributed by atoms with E-state index in [2.05, 4.69) is 15.5 Å². The van der Waals surface area contributed by atoms with Crippen LogP contribution >= 0.6 is 0 Å². The monoisotopic (exact) mass is 264 g/mol. The van der Waals surface area contributed by atoms with Crippen LogP contribution in [0.4, 0.5) is 0 Å². The van der Waals surface area contributed by atoms with E-state index in [4.69, 9.17) is 0 Å². The van der Waals surface area contributed by atoms with Gasteiger partial charge < -0.3 is 0 Å². The predicted molar refractivity (Wildman–Crippen MR) is 71.1 cm³/mol. The highest BCUT2D eigenvalue weighted by Gasteiger charge is 2.24. The Kier molecular flexibility index (Phi) is 2.54. The third-order valence-electron chi connectivity index (χ3n) is 3.01. The fraction of sp³-hybridized carbons (Fsp3) is 0.0714. The van der Waals surface area contributed by atoms with Gasteiger partial charge in [0.15, 0.2) is 10.9 Å².